The van der Waals surface area contributed by atoms with E-state index in [-0.39, 0.29) is 5.82 Å². The number of hydrogen-bond acceptors (Lipinski definition) is 7. The largest absolute Gasteiger partial charge is 0.389 e. The molecule has 0 bridgehead atoms. The molecule has 0 radical (unpaired) electrons. The van der Waals surface area contributed by atoms with Crippen LogP contribution in [0.3, 0.4) is 0 Å². The Kier molecular flexibility index (Phi) is 5.82. The number of nitrogens with zero attached hydrogens (tertiary/aromatic N) is 3. The Morgan fingerprint density at radius 3 is 2.57 bits per heavy atom. The first kappa shape index (κ1) is 19.0. The third kappa shape index (κ3) is 6.73. The lowest BCUT2D eigenvalue weighted by atomic mass is 10.2. The fraction of sp³-hybridized carbons (Fsp3) is 0.600. The van der Waals surface area contributed by atoms with E-state index in [0.717, 1.165) is 12.5 Å². The standard InChI is InChI=1S/C10H12F3N3O6S/c1-23(20,21)22-6-8-14-4-9(16(18)19)15(8)5-7(17)2-3-10(11,12)13/h4H,2-3,5-6H2,1H3. The van der Waals surface area contributed by atoms with Crippen LogP contribution in [0.25, 0.3) is 0 Å². The Bertz CT molecular complexity index is 697. The smallest absolute Gasteiger partial charge is 0.358 e. The molecule has 0 unspecified atom stereocenters. The number of carbonyl (C=O) groups is 1. The van der Waals surface area contributed by atoms with Crippen molar-refractivity contribution in [3.63, 3.8) is 0 Å². The maximum Gasteiger partial charge on any atom is 0.389 e. The quantitative estimate of drug-likeness (QED) is 0.388. The van der Waals surface area contributed by atoms with Gasteiger partial charge in [-0.25, -0.2) is 9.55 Å². The molecule has 13 heteroatoms. The molecular weight excluding hydrogens is 347 g/mol. The van der Waals surface area contributed by atoms with E-state index in [1.54, 1.807) is 0 Å². The van der Waals surface area contributed by atoms with E-state index >= 15 is 0 Å². The van der Waals surface area contributed by atoms with Crippen molar-refractivity contribution >= 4 is 21.7 Å². The summed E-state index contributed by atoms with van der Waals surface area (Å²) in [5, 5.41) is 10.8. The fourth-order valence-electron chi connectivity index (χ4n) is 1.53. The van der Waals surface area contributed by atoms with Gasteiger partial charge in [-0.3, -0.25) is 8.98 Å². The number of rotatable bonds is 8. The molecule has 0 aliphatic carbocycles. The summed E-state index contributed by atoms with van der Waals surface area (Å²) in [5.74, 6) is -1.83. The Balaban J connectivity index is 2.91. The van der Waals surface area contributed by atoms with Crippen LogP contribution in [0.4, 0.5) is 19.0 Å². The van der Waals surface area contributed by atoms with Gasteiger partial charge in [-0.1, -0.05) is 0 Å². The van der Waals surface area contributed by atoms with Crippen LogP contribution in [0.1, 0.15) is 18.7 Å². The lowest BCUT2D eigenvalue weighted by Crippen LogP contribution is -2.18. The topological polar surface area (TPSA) is 121 Å². The van der Waals surface area contributed by atoms with Crippen LogP contribution in [-0.4, -0.2) is 41.1 Å². The molecule has 1 rings (SSSR count). The van der Waals surface area contributed by atoms with Gasteiger partial charge in [0.05, 0.1) is 12.7 Å². The number of nitro groups is 1. The Morgan fingerprint density at radius 1 is 1.48 bits per heavy atom. The van der Waals surface area contributed by atoms with Crippen molar-refractivity contribution in [3.05, 3.63) is 22.1 Å². The average molecular weight is 359 g/mol. The minimum absolute atomic E-state index is 0.262. The van der Waals surface area contributed by atoms with Crippen LogP contribution < -0.4 is 0 Å². The van der Waals surface area contributed by atoms with Gasteiger partial charge >= 0.3 is 12.0 Å². The van der Waals surface area contributed by atoms with Crippen molar-refractivity contribution < 1.29 is 35.5 Å². The van der Waals surface area contributed by atoms with Crippen molar-refractivity contribution in [2.75, 3.05) is 6.26 Å². The molecule has 0 N–H and O–H groups in total. The summed E-state index contributed by atoms with van der Waals surface area (Å²) < 4.78 is 63.1. The van der Waals surface area contributed by atoms with Gasteiger partial charge in [0.1, 0.15) is 12.8 Å². The SMILES string of the molecule is CS(=O)(=O)OCc1ncc([N+](=O)[O-])n1CC(=O)CCC(F)(F)F. The molecule has 130 valence electrons. The molecule has 0 spiro atoms. The molecule has 0 aliphatic rings. The maximum absolute atomic E-state index is 12.1. The molecule has 23 heavy (non-hydrogen) atoms. The lowest BCUT2D eigenvalue weighted by molar-refractivity contribution is -0.392. The van der Waals surface area contributed by atoms with Gasteiger partial charge in [-0.2, -0.15) is 21.6 Å². The molecular formula is C10H12F3N3O6S. The van der Waals surface area contributed by atoms with E-state index in [2.05, 4.69) is 9.17 Å². The van der Waals surface area contributed by atoms with Crippen LogP contribution in [0.5, 0.6) is 0 Å². The van der Waals surface area contributed by atoms with Crippen LogP contribution in [0.15, 0.2) is 6.20 Å². The fourth-order valence-corrected chi connectivity index (χ4v) is 1.85. The van der Waals surface area contributed by atoms with Gasteiger partial charge < -0.3 is 10.1 Å². The first-order chi connectivity index (χ1) is 10.4. The minimum atomic E-state index is -4.53. The number of aromatic nitrogens is 2. The highest BCUT2D eigenvalue weighted by Crippen LogP contribution is 2.22. The van der Waals surface area contributed by atoms with E-state index in [0.29, 0.717) is 4.57 Å². The second kappa shape index (κ2) is 7.04. The molecule has 0 fully saturated rings. The molecule has 1 aromatic rings. The van der Waals surface area contributed by atoms with Crippen LogP contribution in [0, 0.1) is 10.1 Å². The zero-order valence-electron chi connectivity index (χ0n) is 11.7. The molecule has 0 atom stereocenters. The molecule has 0 aromatic carbocycles. The van der Waals surface area contributed by atoms with E-state index in [1.165, 1.54) is 0 Å². The lowest BCUT2D eigenvalue weighted by Gasteiger charge is -2.06. The van der Waals surface area contributed by atoms with Crippen molar-refractivity contribution in [2.45, 2.75) is 32.2 Å². The van der Waals surface area contributed by atoms with Gasteiger partial charge in [0.25, 0.3) is 10.1 Å². The Hall–Kier alpha value is -2.02. The molecule has 0 saturated heterocycles. The highest BCUT2D eigenvalue weighted by molar-refractivity contribution is 7.85. The second-order valence-corrected chi connectivity index (χ2v) is 6.14. The highest BCUT2D eigenvalue weighted by atomic mass is 32.2. The van der Waals surface area contributed by atoms with Gasteiger partial charge in [0, 0.05) is 6.42 Å². The van der Waals surface area contributed by atoms with Crippen LogP contribution >= 0.6 is 0 Å². The van der Waals surface area contributed by atoms with Crippen molar-refractivity contribution in [2.24, 2.45) is 0 Å². The minimum Gasteiger partial charge on any atom is -0.358 e. The zero-order chi connectivity index (χ0) is 17.8. The number of carbonyl (C=O) groups excluding carboxylic acids is 1. The van der Waals surface area contributed by atoms with Gasteiger partial charge in [-0.15, -0.1) is 0 Å². The average Bonchev–Trinajstić information content (AvgIpc) is 2.75. The van der Waals surface area contributed by atoms with Crippen molar-refractivity contribution in [1.82, 2.24) is 9.55 Å². The number of halogens is 3. The zero-order valence-corrected chi connectivity index (χ0v) is 12.6. The van der Waals surface area contributed by atoms with E-state index in [4.69, 9.17) is 0 Å². The molecule has 0 aliphatic heterocycles. The van der Waals surface area contributed by atoms with Gasteiger partial charge in [0.15, 0.2) is 12.3 Å². The summed E-state index contributed by atoms with van der Waals surface area (Å²) in [6.45, 7) is -1.42. The van der Waals surface area contributed by atoms with E-state index in [9.17, 15) is 36.5 Å². The predicted molar refractivity (Wildman–Crippen MR) is 68.8 cm³/mol. The first-order valence-corrected chi connectivity index (χ1v) is 7.82. The number of ketones is 1. The molecule has 1 heterocycles. The second-order valence-electron chi connectivity index (χ2n) is 4.50. The number of alkyl halides is 3. The first-order valence-electron chi connectivity index (χ1n) is 6.00. The summed E-state index contributed by atoms with van der Waals surface area (Å²) in [5.41, 5.74) is 0. The molecule has 9 nitrogen and oxygen atoms in total. The summed E-state index contributed by atoms with van der Waals surface area (Å²) in [6.07, 6.45) is -5.24. The van der Waals surface area contributed by atoms with Crippen LogP contribution in [0.2, 0.25) is 0 Å². The molecule has 0 amide bonds. The van der Waals surface area contributed by atoms with E-state index < -0.39 is 58.8 Å². The third-order valence-corrected chi connectivity index (χ3v) is 3.07. The summed E-state index contributed by atoms with van der Waals surface area (Å²) in [7, 11) is -3.86. The number of imidazole rings is 1. The molecule has 1 aromatic heterocycles. The predicted octanol–water partition coefficient (Wildman–Crippen LogP) is 1.18. The Morgan fingerprint density at radius 2 is 2.09 bits per heavy atom. The van der Waals surface area contributed by atoms with Crippen molar-refractivity contribution in [1.29, 1.82) is 0 Å². The Labute approximate surface area is 128 Å². The highest BCUT2D eigenvalue weighted by Gasteiger charge is 2.29. The molecule has 0 saturated carbocycles. The monoisotopic (exact) mass is 359 g/mol. The van der Waals surface area contributed by atoms with Crippen molar-refractivity contribution in [3.8, 4) is 0 Å². The normalized spacial score (nSPS) is 12.3. The summed E-state index contributed by atoms with van der Waals surface area (Å²) in [4.78, 5) is 25.0. The van der Waals surface area contributed by atoms with Gasteiger partial charge in [-0.05, 0) is 4.92 Å². The number of Topliss-reactive ketones (excluding diaryl/α,β-unsaturated/α-hetero) is 1. The third-order valence-electron chi connectivity index (χ3n) is 2.53. The summed E-state index contributed by atoms with van der Waals surface area (Å²) in [6, 6.07) is 0. The van der Waals surface area contributed by atoms with Crippen LogP contribution in [-0.2, 0) is 32.2 Å². The number of hydrogen-bond donors (Lipinski definition) is 0. The summed E-state index contributed by atoms with van der Waals surface area (Å²) >= 11 is 0. The van der Waals surface area contributed by atoms with E-state index in [1.807, 2.05) is 0 Å². The maximum atomic E-state index is 12.1. The van der Waals surface area contributed by atoms with Gasteiger partial charge in [0.2, 0.25) is 5.82 Å².